The molecule has 0 aliphatic rings. The number of nitrogens with one attached hydrogen (secondary N) is 1. The lowest BCUT2D eigenvalue weighted by atomic mass is 10.2. The van der Waals surface area contributed by atoms with E-state index >= 15 is 0 Å². The first-order valence-corrected chi connectivity index (χ1v) is 6.39. The van der Waals surface area contributed by atoms with Crippen molar-refractivity contribution in [1.82, 2.24) is 10.3 Å². The van der Waals surface area contributed by atoms with Crippen LogP contribution in [0.15, 0.2) is 24.5 Å². The number of alkyl carbamates (subject to hydrolysis) is 1. The molecule has 0 bridgehead atoms. The molecular formula is C15H19N3O2. The van der Waals surface area contributed by atoms with Gasteiger partial charge < -0.3 is 10.1 Å². The molecule has 1 N–H and O–H groups in total. The van der Waals surface area contributed by atoms with Gasteiger partial charge in [0.05, 0.1) is 5.56 Å². The zero-order valence-electron chi connectivity index (χ0n) is 12.0. The van der Waals surface area contributed by atoms with Crippen molar-refractivity contribution in [3.05, 3.63) is 35.7 Å². The standard InChI is InChI=1S/C15H19N3O2/c1-15(2,3)20-14(19)18-7-5-4-6-12-8-13(9-16)11-17-10-12/h4,6,8,10-11H,5,7H2,1-3H3,(H,18,19). The van der Waals surface area contributed by atoms with E-state index in [0.29, 0.717) is 18.5 Å². The number of ether oxygens (including phenoxy) is 1. The summed E-state index contributed by atoms with van der Waals surface area (Å²) in [7, 11) is 0. The van der Waals surface area contributed by atoms with Crippen LogP contribution in [0.3, 0.4) is 0 Å². The zero-order chi connectivity index (χ0) is 15.0. The maximum Gasteiger partial charge on any atom is 0.407 e. The first-order chi connectivity index (χ1) is 9.40. The number of pyridine rings is 1. The molecule has 1 aromatic heterocycles. The van der Waals surface area contributed by atoms with Gasteiger partial charge in [-0.2, -0.15) is 5.26 Å². The minimum Gasteiger partial charge on any atom is -0.444 e. The third-order valence-corrected chi connectivity index (χ3v) is 2.18. The highest BCUT2D eigenvalue weighted by Gasteiger charge is 2.15. The van der Waals surface area contributed by atoms with Gasteiger partial charge in [-0.3, -0.25) is 4.98 Å². The molecule has 1 aromatic rings. The summed E-state index contributed by atoms with van der Waals surface area (Å²) in [5.74, 6) is 0. The summed E-state index contributed by atoms with van der Waals surface area (Å²) in [5, 5.41) is 11.4. The lowest BCUT2D eigenvalue weighted by molar-refractivity contribution is 0.0529. The van der Waals surface area contributed by atoms with E-state index in [2.05, 4.69) is 10.3 Å². The SMILES string of the molecule is CC(C)(C)OC(=O)NCCC=Cc1cncc(C#N)c1. The van der Waals surface area contributed by atoms with Crippen molar-refractivity contribution >= 4 is 12.2 Å². The summed E-state index contributed by atoms with van der Waals surface area (Å²) in [6.45, 7) is 5.96. The van der Waals surface area contributed by atoms with Gasteiger partial charge in [0.2, 0.25) is 0 Å². The van der Waals surface area contributed by atoms with Gasteiger partial charge in [0, 0.05) is 18.9 Å². The average molecular weight is 273 g/mol. The third-order valence-electron chi connectivity index (χ3n) is 2.18. The number of hydrogen-bond acceptors (Lipinski definition) is 4. The Morgan fingerprint density at radius 1 is 1.50 bits per heavy atom. The van der Waals surface area contributed by atoms with E-state index in [4.69, 9.17) is 10.00 Å². The van der Waals surface area contributed by atoms with Crippen LogP contribution in [0.5, 0.6) is 0 Å². The minimum atomic E-state index is -0.483. The second-order valence-corrected chi connectivity index (χ2v) is 5.24. The van der Waals surface area contributed by atoms with E-state index < -0.39 is 11.7 Å². The van der Waals surface area contributed by atoms with Gasteiger partial charge >= 0.3 is 6.09 Å². The largest absolute Gasteiger partial charge is 0.444 e. The van der Waals surface area contributed by atoms with Crippen LogP contribution in [0.4, 0.5) is 4.79 Å². The van der Waals surface area contributed by atoms with Crippen molar-refractivity contribution < 1.29 is 9.53 Å². The van der Waals surface area contributed by atoms with Gasteiger partial charge in [-0.25, -0.2) is 4.79 Å². The van der Waals surface area contributed by atoms with E-state index in [1.54, 1.807) is 12.3 Å². The topological polar surface area (TPSA) is 75.0 Å². The summed E-state index contributed by atoms with van der Waals surface area (Å²) >= 11 is 0. The van der Waals surface area contributed by atoms with Crippen molar-refractivity contribution in [3.8, 4) is 6.07 Å². The molecule has 0 saturated heterocycles. The molecule has 0 fully saturated rings. The summed E-state index contributed by atoms with van der Waals surface area (Å²) in [4.78, 5) is 15.3. The third kappa shape index (κ3) is 6.55. The zero-order valence-corrected chi connectivity index (χ0v) is 12.0. The van der Waals surface area contributed by atoms with Gasteiger partial charge in [-0.15, -0.1) is 0 Å². The molecule has 1 heterocycles. The van der Waals surface area contributed by atoms with E-state index in [1.165, 1.54) is 6.20 Å². The summed E-state index contributed by atoms with van der Waals surface area (Å²) in [5.41, 5.74) is 0.906. The minimum absolute atomic E-state index is 0.418. The van der Waals surface area contributed by atoms with E-state index in [1.807, 2.05) is 39.0 Å². The van der Waals surface area contributed by atoms with Crippen LogP contribution in [0.25, 0.3) is 6.08 Å². The Bertz CT molecular complexity index is 525. The molecule has 0 radical (unpaired) electrons. The van der Waals surface area contributed by atoms with Gasteiger partial charge in [-0.1, -0.05) is 12.2 Å². The number of hydrogen-bond donors (Lipinski definition) is 1. The number of nitrogens with zero attached hydrogens (tertiary/aromatic N) is 2. The lowest BCUT2D eigenvalue weighted by Gasteiger charge is -2.19. The molecule has 1 rings (SSSR count). The highest BCUT2D eigenvalue weighted by molar-refractivity contribution is 5.67. The summed E-state index contributed by atoms with van der Waals surface area (Å²) in [6, 6.07) is 3.79. The van der Waals surface area contributed by atoms with Crippen molar-refractivity contribution in [2.24, 2.45) is 0 Å². The number of carbonyl (C=O) groups is 1. The summed E-state index contributed by atoms with van der Waals surface area (Å²) < 4.78 is 5.11. The molecule has 0 aliphatic carbocycles. The number of nitriles is 1. The number of rotatable bonds is 4. The van der Waals surface area contributed by atoms with E-state index in [-0.39, 0.29) is 0 Å². The maximum atomic E-state index is 11.4. The van der Waals surface area contributed by atoms with Crippen LogP contribution >= 0.6 is 0 Å². The molecule has 106 valence electrons. The Kier molecular flexibility index (Phi) is 5.73. The van der Waals surface area contributed by atoms with Crippen LogP contribution < -0.4 is 5.32 Å². The molecule has 5 nitrogen and oxygen atoms in total. The normalized spacial score (nSPS) is 11.1. The first-order valence-electron chi connectivity index (χ1n) is 6.39. The van der Waals surface area contributed by atoms with Crippen molar-refractivity contribution in [2.75, 3.05) is 6.54 Å². The van der Waals surface area contributed by atoms with Crippen LogP contribution in [0, 0.1) is 11.3 Å². The van der Waals surface area contributed by atoms with Gasteiger partial charge in [-0.05, 0) is 38.8 Å². The Morgan fingerprint density at radius 2 is 2.25 bits per heavy atom. The number of aromatic nitrogens is 1. The Balaban J connectivity index is 2.32. The Hall–Kier alpha value is -2.35. The lowest BCUT2D eigenvalue weighted by Crippen LogP contribution is -2.32. The van der Waals surface area contributed by atoms with Crippen LogP contribution in [0.1, 0.15) is 38.3 Å². The predicted molar refractivity (Wildman–Crippen MR) is 76.8 cm³/mol. The van der Waals surface area contributed by atoms with E-state index in [0.717, 1.165) is 5.56 Å². The summed E-state index contributed by atoms with van der Waals surface area (Å²) in [6.07, 6.45) is 7.23. The monoisotopic (exact) mass is 273 g/mol. The number of amides is 1. The van der Waals surface area contributed by atoms with Gasteiger partial charge in [0.1, 0.15) is 11.7 Å². The highest BCUT2D eigenvalue weighted by Crippen LogP contribution is 2.06. The molecule has 0 atom stereocenters. The molecule has 0 spiro atoms. The average Bonchev–Trinajstić information content (AvgIpc) is 2.36. The molecule has 20 heavy (non-hydrogen) atoms. The smallest absolute Gasteiger partial charge is 0.407 e. The second kappa shape index (κ2) is 7.29. The van der Waals surface area contributed by atoms with Crippen LogP contribution in [0.2, 0.25) is 0 Å². The predicted octanol–water partition coefficient (Wildman–Crippen LogP) is 2.88. The van der Waals surface area contributed by atoms with Crippen molar-refractivity contribution in [2.45, 2.75) is 32.8 Å². The molecule has 0 aromatic carbocycles. The quantitative estimate of drug-likeness (QED) is 0.856. The first kappa shape index (κ1) is 15.7. The van der Waals surface area contributed by atoms with Crippen molar-refractivity contribution in [1.29, 1.82) is 5.26 Å². The highest BCUT2D eigenvalue weighted by atomic mass is 16.6. The van der Waals surface area contributed by atoms with Crippen LogP contribution in [-0.2, 0) is 4.74 Å². The second-order valence-electron chi connectivity index (χ2n) is 5.24. The molecule has 0 aliphatic heterocycles. The van der Waals surface area contributed by atoms with Gasteiger partial charge in [0.25, 0.3) is 0 Å². The molecular weight excluding hydrogens is 254 g/mol. The van der Waals surface area contributed by atoms with Gasteiger partial charge in [0.15, 0.2) is 0 Å². The van der Waals surface area contributed by atoms with Crippen molar-refractivity contribution in [3.63, 3.8) is 0 Å². The fourth-order valence-electron chi connectivity index (χ4n) is 1.40. The maximum absolute atomic E-state index is 11.4. The Labute approximate surface area is 119 Å². The molecule has 0 unspecified atom stereocenters. The fourth-order valence-corrected chi connectivity index (χ4v) is 1.40. The molecule has 1 amide bonds. The molecule has 0 saturated carbocycles. The number of carbonyl (C=O) groups excluding carboxylic acids is 1. The van der Waals surface area contributed by atoms with Crippen LogP contribution in [-0.4, -0.2) is 23.2 Å². The fraction of sp³-hybridized carbons (Fsp3) is 0.400. The Morgan fingerprint density at radius 3 is 2.90 bits per heavy atom. The molecule has 5 heteroatoms. The van der Waals surface area contributed by atoms with E-state index in [9.17, 15) is 4.79 Å².